The lowest BCUT2D eigenvalue weighted by atomic mass is 10.0. The summed E-state index contributed by atoms with van der Waals surface area (Å²) in [6.45, 7) is 1.88. The minimum absolute atomic E-state index is 0.0545. The molecule has 2 aromatic heterocycles. The molecule has 6 nitrogen and oxygen atoms in total. The monoisotopic (exact) mass is 258 g/mol. The van der Waals surface area contributed by atoms with Crippen molar-refractivity contribution in [3.63, 3.8) is 0 Å². The van der Waals surface area contributed by atoms with Gasteiger partial charge in [-0.15, -0.1) is 0 Å². The van der Waals surface area contributed by atoms with Gasteiger partial charge in [-0.25, -0.2) is 4.98 Å². The number of nitrogens with zero attached hydrogens (tertiary/aromatic N) is 4. The number of nitrogens with two attached hydrogens (primary N) is 1. The van der Waals surface area contributed by atoms with Crippen LogP contribution in [0.5, 0.6) is 0 Å². The second-order valence-corrected chi connectivity index (χ2v) is 5.04. The van der Waals surface area contributed by atoms with Crippen molar-refractivity contribution in [3.8, 4) is 5.82 Å². The second-order valence-electron chi connectivity index (χ2n) is 5.04. The lowest BCUT2D eigenvalue weighted by Gasteiger charge is -2.15. The first-order valence-corrected chi connectivity index (χ1v) is 6.53. The standard InChI is InChI=1S/C13H18N6/c1-8-11(12(14)15)13(18(2)17-8)19-7-16-9-5-3-4-6-10(9)19/h7H,3-6H2,1-2H3,(H3,14,15). The van der Waals surface area contributed by atoms with Crippen LogP contribution in [0.2, 0.25) is 0 Å². The summed E-state index contributed by atoms with van der Waals surface area (Å²) in [5.74, 6) is 0.902. The number of rotatable bonds is 2. The molecule has 0 spiro atoms. The summed E-state index contributed by atoms with van der Waals surface area (Å²) < 4.78 is 3.83. The molecule has 1 aliphatic rings. The van der Waals surface area contributed by atoms with Crippen LogP contribution in [-0.4, -0.2) is 25.2 Å². The van der Waals surface area contributed by atoms with Crippen LogP contribution in [0.15, 0.2) is 6.33 Å². The van der Waals surface area contributed by atoms with E-state index in [-0.39, 0.29) is 5.84 Å². The summed E-state index contributed by atoms with van der Waals surface area (Å²) >= 11 is 0. The highest BCUT2D eigenvalue weighted by Crippen LogP contribution is 2.25. The first-order valence-electron chi connectivity index (χ1n) is 6.53. The number of hydrogen-bond acceptors (Lipinski definition) is 3. The summed E-state index contributed by atoms with van der Waals surface area (Å²) in [6.07, 6.45) is 6.28. The summed E-state index contributed by atoms with van der Waals surface area (Å²) in [4.78, 5) is 4.49. The third kappa shape index (κ3) is 1.75. The Morgan fingerprint density at radius 1 is 1.37 bits per heavy atom. The maximum Gasteiger partial charge on any atom is 0.147 e. The number of amidine groups is 1. The molecule has 0 radical (unpaired) electrons. The molecule has 0 aromatic carbocycles. The molecule has 0 unspecified atom stereocenters. The molecule has 0 fully saturated rings. The van der Waals surface area contributed by atoms with E-state index in [1.54, 1.807) is 4.68 Å². The Hall–Kier alpha value is -2.11. The van der Waals surface area contributed by atoms with Crippen LogP contribution in [0.4, 0.5) is 0 Å². The molecule has 1 aliphatic carbocycles. The first-order chi connectivity index (χ1) is 9.09. The highest BCUT2D eigenvalue weighted by Gasteiger charge is 2.22. The van der Waals surface area contributed by atoms with Gasteiger partial charge in [0.15, 0.2) is 0 Å². The number of aromatic nitrogens is 4. The van der Waals surface area contributed by atoms with E-state index in [2.05, 4.69) is 10.1 Å². The highest BCUT2D eigenvalue weighted by atomic mass is 15.3. The van der Waals surface area contributed by atoms with E-state index in [0.717, 1.165) is 24.4 Å². The Morgan fingerprint density at radius 3 is 2.84 bits per heavy atom. The van der Waals surface area contributed by atoms with Gasteiger partial charge in [-0.3, -0.25) is 14.7 Å². The molecule has 3 N–H and O–H groups in total. The van der Waals surface area contributed by atoms with Gasteiger partial charge in [-0.05, 0) is 32.6 Å². The minimum atomic E-state index is 0.0545. The number of fused-ring (bicyclic) bond motifs is 1. The van der Waals surface area contributed by atoms with E-state index in [0.29, 0.717) is 5.56 Å². The van der Waals surface area contributed by atoms with Crippen molar-refractivity contribution in [1.29, 1.82) is 5.41 Å². The van der Waals surface area contributed by atoms with Crippen molar-refractivity contribution in [2.75, 3.05) is 0 Å². The van der Waals surface area contributed by atoms with Crippen molar-refractivity contribution in [2.45, 2.75) is 32.6 Å². The molecule has 100 valence electrons. The van der Waals surface area contributed by atoms with Crippen molar-refractivity contribution in [3.05, 3.63) is 29.0 Å². The number of hydrogen-bond donors (Lipinski definition) is 2. The van der Waals surface area contributed by atoms with Gasteiger partial charge >= 0.3 is 0 Å². The van der Waals surface area contributed by atoms with Crippen LogP contribution in [0.25, 0.3) is 5.82 Å². The smallest absolute Gasteiger partial charge is 0.147 e. The Labute approximate surface area is 111 Å². The molecule has 0 aliphatic heterocycles. The lowest BCUT2D eigenvalue weighted by Crippen LogP contribution is -2.17. The minimum Gasteiger partial charge on any atom is -0.384 e. The third-order valence-corrected chi connectivity index (χ3v) is 3.72. The van der Waals surface area contributed by atoms with E-state index >= 15 is 0 Å². The fourth-order valence-corrected chi connectivity index (χ4v) is 2.89. The van der Waals surface area contributed by atoms with Crippen molar-refractivity contribution in [2.24, 2.45) is 12.8 Å². The molecule has 3 rings (SSSR count). The topological polar surface area (TPSA) is 85.5 Å². The average molecular weight is 258 g/mol. The summed E-state index contributed by atoms with van der Waals surface area (Å²) in [7, 11) is 1.88. The molecule has 0 saturated heterocycles. The molecular weight excluding hydrogens is 240 g/mol. The predicted molar refractivity (Wildman–Crippen MR) is 72.7 cm³/mol. The zero-order valence-corrected chi connectivity index (χ0v) is 11.3. The van der Waals surface area contributed by atoms with Crippen molar-refractivity contribution in [1.82, 2.24) is 19.3 Å². The van der Waals surface area contributed by atoms with Crippen LogP contribution in [0, 0.1) is 12.3 Å². The van der Waals surface area contributed by atoms with Gasteiger partial charge in [0.05, 0.1) is 17.0 Å². The van der Waals surface area contributed by atoms with Gasteiger partial charge in [-0.2, -0.15) is 5.10 Å². The molecule has 0 saturated carbocycles. The molecule has 0 atom stereocenters. The molecule has 19 heavy (non-hydrogen) atoms. The Kier molecular flexibility index (Phi) is 2.66. The van der Waals surface area contributed by atoms with Gasteiger partial charge < -0.3 is 5.73 Å². The Morgan fingerprint density at radius 2 is 2.11 bits per heavy atom. The van der Waals surface area contributed by atoms with Gasteiger partial charge in [-0.1, -0.05) is 0 Å². The molecular formula is C13H18N6. The Bertz CT molecular complexity index is 648. The van der Waals surface area contributed by atoms with Crippen LogP contribution < -0.4 is 5.73 Å². The Balaban J connectivity index is 2.22. The van der Waals surface area contributed by atoms with Crippen molar-refractivity contribution < 1.29 is 0 Å². The van der Waals surface area contributed by atoms with Gasteiger partial charge in [0.1, 0.15) is 18.0 Å². The van der Waals surface area contributed by atoms with Gasteiger partial charge in [0, 0.05) is 12.7 Å². The number of nitrogens with one attached hydrogen (secondary N) is 1. The fourth-order valence-electron chi connectivity index (χ4n) is 2.89. The van der Waals surface area contributed by atoms with Crippen LogP contribution in [0.3, 0.4) is 0 Å². The predicted octanol–water partition coefficient (Wildman–Crippen LogP) is 1.08. The van der Waals surface area contributed by atoms with E-state index in [1.807, 2.05) is 24.9 Å². The molecule has 0 bridgehead atoms. The van der Waals surface area contributed by atoms with Crippen LogP contribution in [-0.2, 0) is 19.9 Å². The zero-order valence-electron chi connectivity index (χ0n) is 11.3. The van der Waals surface area contributed by atoms with Gasteiger partial charge in [0.25, 0.3) is 0 Å². The summed E-state index contributed by atoms with van der Waals surface area (Å²) in [5, 5.41) is 12.1. The van der Waals surface area contributed by atoms with E-state index in [4.69, 9.17) is 11.1 Å². The largest absolute Gasteiger partial charge is 0.384 e. The SMILES string of the molecule is Cc1nn(C)c(-n2cnc3c2CCCC3)c1C(=N)N. The number of nitrogen functional groups attached to an aromatic ring is 1. The van der Waals surface area contributed by atoms with Crippen LogP contribution in [0.1, 0.15) is 35.5 Å². The van der Waals surface area contributed by atoms with E-state index in [9.17, 15) is 0 Å². The van der Waals surface area contributed by atoms with Gasteiger partial charge in [0.2, 0.25) is 0 Å². The molecule has 0 amide bonds. The summed E-state index contributed by atoms with van der Waals surface area (Å²) in [5.41, 5.74) is 9.59. The normalized spacial score (nSPS) is 14.4. The summed E-state index contributed by atoms with van der Waals surface area (Å²) in [6, 6.07) is 0. The maximum absolute atomic E-state index is 7.76. The third-order valence-electron chi connectivity index (χ3n) is 3.72. The zero-order chi connectivity index (χ0) is 13.6. The number of imidazole rings is 1. The van der Waals surface area contributed by atoms with E-state index in [1.165, 1.54) is 24.2 Å². The number of aryl methyl sites for hydroxylation is 3. The second kappa shape index (κ2) is 4.22. The molecule has 6 heteroatoms. The highest BCUT2D eigenvalue weighted by molar-refractivity contribution is 5.99. The van der Waals surface area contributed by atoms with E-state index < -0.39 is 0 Å². The molecule has 2 aromatic rings. The lowest BCUT2D eigenvalue weighted by molar-refractivity contribution is 0.642. The van der Waals surface area contributed by atoms with Crippen LogP contribution >= 0.6 is 0 Å². The van der Waals surface area contributed by atoms with Crippen molar-refractivity contribution >= 4 is 5.84 Å². The quantitative estimate of drug-likeness (QED) is 0.624. The fraction of sp³-hybridized carbons (Fsp3) is 0.462. The maximum atomic E-state index is 7.76. The molecule has 2 heterocycles. The average Bonchev–Trinajstić information content (AvgIpc) is 2.89. The first kappa shape index (κ1) is 12.0.